The summed E-state index contributed by atoms with van der Waals surface area (Å²) in [4.78, 5) is 12.7. The third-order valence-corrected chi connectivity index (χ3v) is 6.94. The molecule has 0 aromatic heterocycles. The lowest BCUT2D eigenvalue weighted by atomic mass is 9.86. The maximum absolute atomic E-state index is 10.2. The maximum Gasteiger partial charge on any atom is 0.217 e. The van der Waals surface area contributed by atoms with E-state index in [1.807, 2.05) is 54.5 Å². The Kier molecular flexibility index (Phi) is 17.5. The second-order valence-electron chi connectivity index (χ2n) is 12.6. The summed E-state index contributed by atoms with van der Waals surface area (Å²) in [6, 6.07) is 7.27. The highest BCUT2D eigenvalue weighted by Gasteiger charge is 2.30. The van der Waals surface area contributed by atoms with E-state index >= 15 is 0 Å². The lowest BCUT2D eigenvalue weighted by Crippen LogP contribution is -2.36. The predicted octanol–water partition coefficient (Wildman–Crippen LogP) is 10.9. The summed E-state index contributed by atoms with van der Waals surface area (Å²) < 4.78 is 0. The molecule has 0 spiro atoms. The van der Waals surface area contributed by atoms with Gasteiger partial charge in [0, 0.05) is 35.0 Å². The van der Waals surface area contributed by atoms with Crippen LogP contribution in [0.4, 0.5) is 0 Å². The third-order valence-electron chi connectivity index (χ3n) is 6.94. The van der Waals surface area contributed by atoms with Crippen LogP contribution < -0.4 is 5.73 Å². The van der Waals surface area contributed by atoms with E-state index in [1.54, 1.807) is 0 Å². The van der Waals surface area contributed by atoms with E-state index in [4.69, 9.17) is 5.73 Å². The molecule has 1 aromatic carbocycles. The first-order valence-electron chi connectivity index (χ1n) is 15.5. The van der Waals surface area contributed by atoms with Crippen molar-refractivity contribution in [1.82, 2.24) is 4.90 Å². The molecule has 0 saturated heterocycles. The SMILES string of the molecule is C=C(C)C.C=CC1=C(C)N(C2CCCCC2)C(=C)c2cc(C)ccc21.CC.CC(C)(C)CC(N)=O.CCC1CC1. The fraction of sp³-hybridized carbons (Fsp3) is 0.595. The van der Waals surface area contributed by atoms with Gasteiger partial charge in [0.2, 0.25) is 5.91 Å². The number of rotatable bonds is 4. The molecule has 1 aliphatic heterocycles. The Labute approximate surface area is 248 Å². The molecular weight excluding hydrogens is 488 g/mol. The van der Waals surface area contributed by atoms with Crippen LogP contribution >= 0.6 is 0 Å². The van der Waals surface area contributed by atoms with Crippen LogP contribution in [0.15, 0.2) is 55.3 Å². The molecule has 0 radical (unpaired) electrons. The van der Waals surface area contributed by atoms with Crippen LogP contribution in [0.1, 0.15) is 137 Å². The summed E-state index contributed by atoms with van der Waals surface area (Å²) in [5.74, 6) is 0.910. The zero-order valence-corrected chi connectivity index (χ0v) is 27.9. The van der Waals surface area contributed by atoms with Crippen molar-refractivity contribution in [2.75, 3.05) is 0 Å². The second kappa shape index (κ2) is 18.7. The Hall–Kier alpha value is -2.55. The standard InChI is InChI=1S/C20H25N.C6H13NO.C5H10.C4H8.C2H6/c1-5-18-15(3)21(17-9-7-6-8-10-17)16(4)20-13-14(2)11-12-19(18)20;1-6(2,3)4-5(7)8;1-2-5-3-4-5;1-4(2)3;1-2/h5,11-13,17H,1,4,6-10H2,2-3H3;4H2,1-3H3,(H2,7,8);5H,2-4H2,1H3;1H2,2-3H3;1-2H3. The summed E-state index contributed by atoms with van der Waals surface area (Å²) in [5, 5.41) is 0. The van der Waals surface area contributed by atoms with Gasteiger partial charge in [-0.3, -0.25) is 4.79 Å². The molecule has 0 atom stereocenters. The van der Waals surface area contributed by atoms with Crippen LogP contribution in [0.5, 0.6) is 0 Å². The van der Waals surface area contributed by atoms with E-state index in [0.29, 0.717) is 12.5 Å². The highest BCUT2D eigenvalue weighted by Crippen LogP contribution is 2.42. The van der Waals surface area contributed by atoms with E-state index in [1.165, 1.54) is 90.6 Å². The fourth-order valence-corrected chi connectivity index (χ4v) is 4.93. The fourth-order valence-electron chi connectivity index (χ4n) is 4.93. The monoisotopic (exact) mass is 550 g/mol. The molecule has 0 unspecified atom stereocenters. The lowest BCUT2D eigenvalue weighted by molar-refractivity contribution is -0.119. The molecule has 2 aliphatic carbocycles. The molecule has 2 saturated carbocycles. The molecule has 3 aliphatic rings. The smallest absolute Gasteiger partial charge is 0.217 e. The normalized spacial score (nSPS) is 16.4. The molecule has 40 heavy (non-hydrogen) atoms. The molecule has 2 fully saturated rings. The van der Waals surface area contributed by atoms with E-state index in [2.05, 4.69) is 63.6 Å². The minimum Gasteiger partial charge on any atom is -0.370 e. The van der Waals surface area contributed by atoms with Crippen LogP contribution in [0.3, 0.4) is 0 Å². The Morgan fingerprint density at radius 3 is 1.90 bits per heavy atom. The summed E-state index contributed by atoms with van der Waals surface area (Å²) in [5.41, 5.74) is 13.8. The minimum absolute atomic E-state index is 0.0475. The predicted molar refractivity (Wildman–Crippen MR) is 180 cm³/mol. The molecule has 226 valence electrons. The average Bonchev–Trinajstić information content (AvgIpc) is 3.71. The summed E-state index contributed by atoms with van der Waals surface area (Å²) in [6.45, 7) is 32.6. The number of nitrogens with two attached hydrogens (primary N) is 1. The minimum atomic E-state index is -0.225. The van der Waals surface area contributed by atoms with Crippen molar-refractivity contribution in [2.45, 2.75) is 133 Å². The molecule has 2 N–H and O–H groups in total. The third kappa shape index (κ3) is 14.2. The van der Waals surface area contributed by atoms with Crippen molar-refractivity contribution < 1.29 is 4.79 Å². The number of hydrogen-bond acceptors (Lipinski definition) is 2. The van der Waals surface area contributed by atoms with Gasteiger partial charge < -0.3 is 10.6 Å². The first-order valence-corrected chi connectivity index (χ1v) is 15.5. The molecule has 3 heteroatoms. The van der Waals surface area contributed by atoms with Gasteiger partial charge in [-0.15, -0.1) is 6.58 Å². The average molecular weight is 551 g/mol. The molecule has 0 bridgehead atoms. The van der Waals surface area contributed by atoms with Gasteiger partial charge in [-0.2, -0.15) is 0 Å². The number of carbonyl (C=O) groups excluding carboxylic acids is 1. The number of amides is 1. The van der Waals surface area contributed by atoms with Crippen LogP contribution in [0, 0.1) is 18.3 Å². The number of carbonyl (C=O) groups is 1. The van der Waals surface area contributed by atoms with Gasteiger partial charge in [-0.1, -0.05) is 123 Å². The van der Waals surface area contributed by atoms with Crippen molar-refractivity contribution in [1.29, 1.82) is 0 Å². The Balaban J connectivity index is 0.000000656. The molecule has 1 heterocycles. The number of aryl methyl sites for hydroxylation is 1. The Bertz CT molecular complexity index is 978. The zero-order valence-electron chi connectivity index (χ0n) is 27.9. The van der Waals surface area contributed by atoms with Gasteiger partial charge in [0.05, 0.1) is 0 Å². The summed E-state index contributed by atoms with van der Waals surface area (Å²) in [7, 11) is 0. The summed E-state index contributed by atoms with van der Waals surface area (Å²) >= 11 is 0. The largest absolute Gasteiger partial charge is 0.370 e. The van der Waals surface area contributed by atoms with E-state index in [-0.39, 0.29) is 11.3 Å². The second-order valence-corrected chi connectivity index (χ2v) is 12.6. The van der Waals surface area contributed by atoms with Crippen LogP contribution in [0.2, 0.25) is 0 Å². The number of primary amides is 1. The molecule has 3 nitrogen and oxygen atoms in total. The number of nitrogens with zero attached hydrogens (tertiary/aromatic N) is 1. The van der Waals surface area contributed by atoms with E-state index < -0.39 is 0 Å². The van der Waals surface area contributed by atoms with Crippen LogP contribution in [-0.4, -0.2) is 16.8 Å². The van der Waals surface area contributed by atoms with Crippen molar-refractivity contribution in [2.24, 2.45) is 17.1 Å². The highest BCUT2D eigenvalue weighted by atomic mass is 16.1. The number of fused-ring (bicyclic) bond motifs is 1. The topological polar surface area (TPSA) is 46.3 Å². The van der Waals surface area contributed by atoms with Gasteiger partial charge in [-0.05, 0) is 63.5 Å². The lowest BCUT2D eigenvalue weighted by Gasteiger charge is -2.42. The van der Waals surface area contributed by atoms with Crippen LogP contribution in [-0.2, 0) is 4.79 Å². The van der Waals surface area contributed by atoms with Gasteiger partial charge >= 0.3 is 0 Å². The quantitative estimate of drug-likeness (QED) is 0.379. The van der Waals surface area contributed by atoms with Crippen molar-refractivity contribution in [3.05, 3.63) is 72.0 Å². The number of hydrogen-bond donors (Lipinski definition) is 1. The first kappa shape index (κ1) is 37.5. The molecule has 1 aromatic rings. The highest BCUT2D eigenvalue weighted by molar-refractivity contribution is 5.89. The van der Waals surface area contributed by atoms with E-state index in [0.717, 1.165) is 5.92 Å². The number of allylic oxidation sites excluding steroid dienone is 4. The van der Waals surface area contributed by atoms with Crippen LogP contribution in [0.25, 0.3) is 11.3 Å². The van der Waals surface area contributed by atoms with Gasteiger partial charge in [-0.25, -0.2) is 0 Å². The van der Waals surface area contributed by atoms with Gasteiger partial charge in [0.25, 0.3) is 0 Å². The maximum atomic E-state index is 10.2. The van der Waals surface area contributed by atoms with Crippen molar-refractivity contribution in [3.8, 4) is 0 Å². The Morgan fingerprint density at radius 2 is 1.55 bits per heavy atom. The Morgan fingerprint density at radius 1 is 1.02 bits per heavy atom. The van der Waals surface area contributed by atoms with Crippen molar-refractivity contribution in [3.63, 3.8) is 0 Å². The summed E-state index contributed by atoms with van der Waals surface area (Å²) in [6.07, 6.45) is 13.5. The molecular formula is C37H62N2O. The van der Waals surface area contributed by atoms with Gasteiger partial charge in [0.1, 0.15) is 0 Å². The van der Waals surface area contributed by atoms with Gasteiger partial charge in [0.15, 0.2) is 0 Å². The van der Waals surface area contributed by atoms with E-state index in [9.17, 15) is 4.79 Å². The molecule has 1 amide bonds. The molecule has 4 rings (SSSR count). The van der Waals surface area contributed by atoms with Crippen molar-refractivity contribution >= 4 is 17.2 Å². The number of benzene rings is 1. The zero-order chi connectivity index (χ0) is 31.0. The first-order chi connectivity index (χ1) is 18.7.